The molecule has 4 aromatic rings. The molecule has 1 heterocycles. The number of azo groups is 1. The Morgan fingerprint density at radius 1 is 0.684 bits per heavy atom. The summed E-state index contributed by atoms with van der Waals surface area (Å²) in [6, 6.07) is 13.6. The van der Waals surface area contributed by atoms with Crippen molar-refractivity contribution in [2.45, 2.75) is 23.6 Å². The third-order valence-electron chi connectivity index (χ3n) is 9.35. The van der Waals surface area contributed by atoms with Crippen molar-refractivity contribution < 1.29 is 55.6 Å². The maximum absolute atomic E-state index is 13.2. The molecule has 1 amide bonds. The fourth-order valence-corrected chi connectivity index (χ4v) is 7.87. The summed E-state index contributed by atoms with van der Waals surface area (Å²) in [5.41, 5.74) is 9.05. The minimum Gasteiger partial charge on any atom is -0.505 e. The quantitative estimate of drug-likeness (QED) is 0.0612. The lowest BCUT2D eigenvalue weighted by Gasteiger charge is -2.24. The fourth-order valence-electron chi connectivity index (χ4n) is 6.44. The van der Waals surface area contributed by atoms with Gasteiger partial charge in [-0.2, -0.15) is 21.9 Å². The molecule has 0 saturated carbocycles. The zero-order valence-electron chi connectivity index (χ0n) is 30.8. The number of nitrogens with one attached hydrogen (secondary N) is 1. The van der Waals surface area contributed by atoms with E-state index in [9.17, 15) is 55.6 Å². The molecule has 8 N–H and O–H groups in total. The molecule has 57 heavy (non-hydrogen) atoms. The van der Waals surface area contributed by atoms with Crippen LogP contribution in [-0.2, 0) is 34.6 Å². The summed E-state index contributed by atoms with van der Waals surface area (Å²) >= 11 is 0. The first-order valence-electron chi connectivity index (χ1n) is 17.3. The van der Waals surface area contributed by atoms with Crippen LogP contribution in [0.4, 0.5) is 22.7 Å². The van der Waals surface area contributed by atoms with E-state index in [1.807, 2.05) is 30.0 Å². The number of aryl methyl sites for hydroxylation is 2. The van der Waals surface area contributed by atoms with Crippen molar-refractivity contribution in [3.05, 3.63) is 65.7 Å². The number of nitrogens with two attached hydrogens (primary N) is 1. The van der Waals surface area contributed by atoms with Crippen LogP contribution in [0.3, 0.4) is 0 Å². The zero-order valence-corrected chi connectivity index (χ0v) is 32.4. The Labute approximate surface area is 327 Å². The fraction of sp³-hybridized carbons (Fsp3) is 0.306. The number of carboxylic acids is 2. The number of carboxylic acid groups (broad SMARTS) is 2. The Bertz CT molecular complexity index is 2470. The van der Waals surface area contributed by atoms with E-state index in [-0.39, 0.29) is 36.6 Å². The van der Waals surface area contributed by atoms with Gasteiger partial charge in [0, 0.05) is 50.3 Å². The Balaban J connectivity index is 1.30. The SMILES string of the molecule is Cc1cc(-c2ccc(NC(=O)CN3CCN(CC(=O)O)CCN(CC(=O)O)CC3)c(C)c2)ccc1N=Nc1ccc2c(S(=O)(=O)O)cc(S(=O)(=O)O)c(N)c2c1O. The number of aliphatic carboxylic acids is 2. The molecule has 1 fully saturated rings. The standard InChI is InChI=1S/C36H41N7O12S2/c1-21-15-23(3-6-26(21)38-31(44)18-41-9-11-42(19-32(45)46)13-14-43(12-10-41)20-33(47)48)24-4-7-27(22(2)16-24)39-40-28-8-5-25-29(56(50,51)52)17-30(57(53,54)55)35(37)34(25)36(28)49/h3-8,15-17,49H,9-14,18-20,37H2,1-2H3,(H,38,44)(H,45,46)(H,47,48)(H,50,51,52)(H,53,54,55). The van der Waals surface area contributed by atoms with Gasteiger partial charge in [0.15, 0.2) is 5.75 Å². The number of benzene rings is 4. The van der Waals surface area contributed by atoms with Crippen molar-refractivity contribution in [3.63, 3.8) is 0 Å². The van der Waals surface area contributed by atoms with Gasteiger partial charge in [-0.05, 0) is 72.5 Å². The average Bonchev–Trinajstić information content (AvgIpc) is 3.18. The summed E-state index contributed by atoms with van der Waals surface area (Å²) < 4.78 is 67.2. The molecular formula is C36H41N7O12S2. The first-order chi connectivity index (χ1) is 26.7. The topological polar surface area (TPSA) is 293 Å². The van der Waals surface area contributed by atoms with Gasteiger partial charge in [-0.3, -0.25) is 38.2 Å². The third-order valence-corrected chi connectivity index (χ3v) is 11.1. The van der Waals surface area contributed by atoms with Crippen LogP contribution in [0.5, 0.6) is 5.75 Å². The molecule has 0 aliphatic carbocycles. The first-order valence-corrected chi connectivity index (χ1v) is 20.2. The molecule has 21 heteroatoms. The second-order valence-corrected chi connectivity index (χ2v) is 16.3. The molecule has 1 aliphatic rings. The van der Waals surface area contributed by atoms with E-state index in [1.54, 1.807) is 34.9 Å². The highest BCUT2D eigenvalue weighted by Gasteiger charge is 2.27. The normalized spacial score (nSPS) is 15.3. The average molecular weight is 828 g/mol. The number of phenols is 1. The lowest BCUT2D eigenvalue weighted by molar-refractivity contribution is -0.140. The van der Waals surface area contributed by atoms with Gasteiger partial charge in [-0.15, -0.1) is 5.11 Å². The van der Waals surface area contributed by atoms with E-state index in [2.05, 4.69) is 15.5 Å². The summed E-state index contributed by atoms with van der Waals surface area (Å²) in [5, 5.41) is 39.9. The smallest absolute Gasteiger partial charge is 0.317 e. The molecule has 0 unspecified atom stereocenters. The van der Waals surface area contributed by atoms with Gasteiger partial charge in [-0.1, -0.05) is 18.2 Å². The number of anilines is 2. The molecular weight excluding hydrogens is 787 g/mol. The third kappa shape index (κ3) is 10.7. The van der Waals surface area contributed by atoms with Crippen molar-refractivity contribution in [3.8, 4) is 16.9 Å². The number of phenolic OH excluding ortho intramolecular Hbond substituents is 1. The Morgan fingerprint density at radius 2 is 1.16 bits per heavy atom. The molecule has 0 radical (unpaired) electrons. The van der Waals surface area contributed by atoms with Crippen LogP contribution >= 0.6 is 0 Å². The Morgan fingerprint density at radius 3 is 1.65 bits per heavy atom. The maximum Gasteiger partial charge on any atom is 0.317 e. The number of amides is 1. The molecule has 0 bridgehead atoms. The summed E-state index contributed by atoms with van der Waals surface area (Å²) in [5.74, 6) is -3.02. The number of nitrogen functional groups attached to an aromatic ring is 1. The summed E-state index contributed by atoms with van der Waals surface area (Å²) in [7, 11) is -10.1. The molecule has 4 aromatic carbocycles. The Hall–Kier alpha value is -5.55. The van der Waals surface area contributed by atoms with Crippen molar-refractivity contribution in [2.24, 2.45) is 10.2 Å². The van der Waals surface area contributed by atoms with Crippen molar-refractivity contribution in [1.82, 2.24) is 14.7 Å². The number of carbonyl (C=O) groups excluding carboxylic acids is 1. The van der Waals surface area contributed by atoms with Crippen LogP contribution in [0.15, 0.2) is 74.6 Å². The van der Waals surface area contributed by atoms with Crippen LogP contribution in [-0.4, -0.2) is 133 Å². The molecule has 0 atom stereocenters. The largest absolute Gasteiger partial charge is 0.505 e. The van der Waals surface area contributed by atoms with Crippen LogP contribution in [0, 0.1) is 13.8 Å². The molecule has 0 spiro atoms. The predicted octanol–water partition coefficient (Wildman–Crippen LogP) is 3.35. The van der Waals surface area contributed by atoms with Gasteiger partial charge in [-0.25, -0.2) is 0 Å². The number of rotatable bonds is 12. The van der Waals surface area contributed by atoms with E-state index in [4.69, 9.17) is 5.73 Å². The molecule has 0 aromatic heterocycles. The molecule has 304 valence electrons. The van der Waals surface area contributed by atoms with E-state index in [1.165, 1.54) is 6.07 Å². The monoisotopic (exact) mass is 827 g/mol. The van der Waals surface area contributed by atoms with Gasteiger partial charge < -0.3 is 26.4 Å². The lowest BCUT2D eigenvalue weighted by atomic mass is 10.00. The van der Waals surface area contributed by atoms with Gasteiger partial charge in [0.25, 0.3) is 20.2 Å². The van der Waals surface area contributed by atoms with Crippen LogP contribution in [0.25, 0.3) is 21.9 Å². The number of carbonyl (C=O) groups is 3. The second-order valence-electron chi connectivity index (χ2n) is 13.5. The maximum atomic E-state index is 13.2. The molecule has 1 aliphatic heterocycles. The first kappa shape index (κ1) is 42.6. The summed E-state index contributed by atoms with van der Waals surface area (Å²) in [6.45, 7) is 5.64. The number of hydrogen-bond donors (Lipinski definition) is 7. The van der Waals surface area contributed by atoms with Crippen molar-refractivity contribution >= 4 is 71.6 Å². The number of fused-ring (bicyclic) bond motifs is 1. The minimum absolute atomic E-state index is 0.0137. The molecule has 1 saturated heterocycles. The van der Waals surface area contributed by atoms with Crippen molar-refractivity contribution in [2.75, 3.05) is 70.0 Å². The predicted molar refractivity (Wildman–Crippen MR) is 208 cm³/mol. The summed E-state index contributed by atoms with van der Waals surface area (Å²) in [6.07, 6.45) is 0. The molecule has 5 rings (SSSR count). The number of aromatic hydroxyl groups is 1. The van der Waals surface area contributed by atoms with Crippen LogP contribution in [0.1, 0.15) is 11.1 Å². The number of nitrogens with zero attached hydrogens (tertiary/aromatic N) is 5. The highest BCUT2D eigenvalue weighted by molar-refractivity contribution is 7.87. The lowest BCUT2D eigenvalue weighted by Crippen LogP contribution is -2.41. The van der Waals surface area contributed by atoms with Crippen LogP contribution in [0.2, 0.25) is 0 Å². The van der Waals surface area contributed by atoms with Gasteiger partial charge in [0.1, 0.15) is 15.5 Å². The highest BCUT2D eigenvalue weighted by atomic mass is 32.2. The number of hydrogen-bond acceptors (Lipinski definition) is 14. The highest BCUT2D eigenvalue weighted by Crippen LogP contribution is 2.44. The Kier molecular flexibility index (Phi) is 12.9. The minimum atomic E-state index is -5.07. The van der Waals surface area contributed by atoms with Crippen LogP contribution < -0.4 is 11.1 Å². The van der Waals surface area contributed by atoms with Gasteiger partial charge in [0.05, 0.1) is 36.4 Å². The summed E-state index contributed by atoms with van der Waals surface area (Å²) in [4.78, 5) is 39.2. The van der Waals surface area contributed by atoms with Gasteiger partial charge >= 0.3 is 11.9 Å². The second kappa shape index (κ2) is 17.3. The van der Waals surface area contributed by atoms with Gasteiger partial charge in [0.2, 0.25) is 5.91 Å². The van der Waals surface area contributed by atoms with E-state index in [0.717, 1.165) is 22.8 Å². The molecule has 19 nitrogen and oxygen atoms in total. The van der Waals surface area contributed by atoms with E-state index >= 15 is 0 Å². The van der Waals surface area contributed by atoms with E-state index < -0.39 is 58.8 Å². The van der Waals surface area contributed by atoms with Crippen molar-refractivity contribution in [1.29, 1.82) is 0 Å². The van der Waals surface area contributed by atoms with E-state index in [0.29, 0.717) is 62.3 Å². The zero-order chi connectivity index (χ0) is 41.8.